The molecular formula is C35H58O9. The first-order valence-electron chi connectivity index (χ1n) is 17.4. The van der Waals surface area contributed by atoms with Gasteiger partial charge in [0.1, 0.15) is 30.5 Å². The monoisotopic (exact) mass is 622 g/mol. The largest absolute Gasteiger partial charge is 0.388 e. The van der Waals surface area contributed by atoms with Crippen molar-refractivity contribution < 1.29 is 44.5 Å². The van der Waals surface area contributed by atoms with E-state index in [4.69, 9.17) is 18.9 Å². The summed E-state index contributed by atoms with van der Waals surface area (Å²) in [6.07, 6.45) is 0.469. The van der Waals surface area contributed by atoms with E-state index < -0.39 is 53.6 Å². The van der Waals surface area contributed by atoms with E-state index in [1.165, 1.54) is 0 Å². The molecule has 44 heavy (non-hydrogen) atoms. The molecule has 6 unspecified atom stereocenters. The molecule has 3 saturated heterocycles. The van der Waals surface area contributed by atoms with Crippen LogP contribution in [0.5, 0.6) is 0 Å². The number of fused-ring (bicyclic) bond motifs is 7. The molecule has 1 spiro atoms. The predicted molar refractivity (Wildman–Crippen MR) is 161 cm³/mol. The second-order valence-electron chi connectivity index (χ2n) is 18.0. The summed E-state index contributed by atoms with van der Waals surface area (Å²) in [5, 5.41) is 54.4. The molecule has 9 nitrogen and oxygen atoms in total. The Bertz CT molecular complexity index is 1140. The average molecular weight is 623 g/mol. The summed E-state index contributed by atoms with van der Waals surface area (Å²) >= 11 is 0. The molecule has 0 aromatic carbocycles. The van der Waals surface area contributed by atoms with E-state index in [9.17, 15) is 25.5 Å². The number of hydrogen-bond acceptors (Lipinski definition) is 9. The molecule has 5 N–H and O–H groups in total. The van der Waals surface area contributed by atoms with Crippen molar-refractivity contribution >= 4 is 0 Å². The summed E-state index contributed by atoms with van der Waals surface area (Å²) in [5.41, 5.74) is -1.78. The van der Waals surface area contributed by atoms with E-state index in [-0.39, 0.29) is 41.0 Å². The van der Waals surface area contributed by atoms with E-state index in [0.717, 1.165) is 44.9 Å². The number of rotatable bonds is 3. The Morgan fingerprint density at radius 1 is 0.841 bits per heavy atom. The highest BCUT2D eigenvalue weighted by Crippen LogP contribution is 2.78. The second kappa shape index (κ2) is 9.85. The van der Waals surface area contributed by atoms with Crippen molar-refractivity contribution in [1.82, 2.24) is 0 Å². The molecule has 3 aliphatic heterocycles. The number of aliphatic hydroxyl groups excluding tert-OH is 4. The molecule has 17 atom stereocenters. The van der Waals surface area contributed by atoms with Crippen LogP contribution in [0.2, 0.25) is 0 Å². The van der Waals surface area contributed by atoms with Crippen LogP contribution in [0.15, 0.2) is 0 Å². The molecule has 252 valence electrons. The smallest absolute Gasteiger partial charge is 0.199 e. The van der Waals surface area contributed by atoms with Crippen LogP contribution in [-0.2, 0) is 18.9 Å². The van der Waals surface area contributed by atoms with Crippen molar-refractivity contribution in [1.29, 1.82) is 0 Å². The lowest BCUT2D eigenvalue weighted by atomic mass is 9.37. The van der Waals surface area contributed by atoms with Crippen molar-refractivity contribution in [2.24, 2.45) is 51.2 Å². The van der Waals surface area contributed by atoms with E-state index >= 15 is 0 Å². The maximum absolute atomic E-state index is 12.6. The summed E-state index contributed by atoms with van der Waals surface area (Å²) in [6.45, 7) is 17.6. The van der Waals surface area contributed by atoms with E-state index in [0.29, 0.717) is 23.7 Å². The molecule has 0 amide bonds. The minimum absolute atomic E-state index is 0.0463. The zero-order chi connectivity index (χ0) is 32.0. The van der Waals surface area contributed by atoms with Gasteiger partial charge in [0.25, 0.3) is 0 Å². The van der Waals surface area contributed by atoms with Gasteiger partial charge >= 0.3 is 0 Å². The lowest BCUT2D eigenvalue weighted by Gasteiger charge is -2.67. The zero-order valence-electron chi connectivity index (χ0n) is 28.0. The first kappa shape index (κ1) is 32.2. The van der Waals surface area contributed by atoms with Crippen LogP contribution in [0.4, 0.5) is 0 Å². The quantitative estimate of drug-likeness (QED) is 0.300. The van der Waals surface area contributed by atoms with Crippen molar-refractivity contribution in [2.75, 3.05) is 6.61 Å². The third kappa shape index (κ3) is 3.91. The second-order valence-corrected chi connectivity index (χ2v) is 18.0. The summed E-state index contributed by atoms with van der Waals surface area (Å²) in [7, 11) is 0. The van der Waals surface area contributed by atoms with E-state index in [1.807, 2.05) is 0 Å². The van der Waals surface area contributed by atoms with Crippen molar-refractivity contribution in [3.8, 4) is 0 Å². The number of aliphatic hydroxyl groups is 5. The van der Waals surface area contributed by atoms with Crippen molar-refractivity contribution in [3.63, 3.8) is 0 Å². The topological polar surface area (TPSA) is 138 Å². The van der Waals surface area contributed by atoms with Gasteiger partial charge in [-0.1, -0.05) is 41.5 Å². The summed E-state index contributed by atoms with van der Waals surface area (Å²) in [6, 6.07) is 0. The molecule has 7 aliphatic rings. The van der Waals surface area contributed by atoms with Gasteiger partial charge < -0.3 is 44.5 Å². The average Bonchev–Trinajstić information content (AvgIpc) is 3.33. The molecular weight excluding hydrogens is 564 g/mol. The Morgan fingerprint density at radius 3 is 2.23 bits per heavy atom. The lowest BCUT2D eigenvalue weighted by Crippen LogP contribution is -2.64. The Hall–Kier alpha value is -0.360. The number of hydrogen-bond donors (Lipinski definition) is 5. The van der Waals surface area contributed by atoms with Gasteiger partial charge in [-0.15, -0.1) is 0 Å². The van der Waals surface area contributed by atoms with Gasteiger partial charge in [-0.3, -0.25) is 0 Å². The van der Waals surface area contributed by atoms with Gasteiger partial charge in [-0.25, -0.2) is 0 Å². The maximum atomic E-state index is 12.6. The Morgan fingerprint density at radius 2 is 1.55 bits per heavy atom. The highest BCUT2D eigenvalue weighted by atomic mass is 16.8. The Balaban J connectivity index is 1.18. The van der Waals surface area contributed by atoms with Crippen LogP contribution >= 0.6 is 0 Å². The SMILES string of the molecule is C[C@@H]1C[C@@H]2O[C@@]3(O[C@@H]2C(C)(C)O)C(O)[C@@]2(C)C4CCC5C(C)(C)[C@@H](OC6OC[C@H](O)[C@@H](O)[C@@H]6O)CC[C@]5(C)C4CC[C@]2(C)C13. The fourth-order valence-corrected chi connectivity index (χ4v) is 13.1. The lowest BCUT2D eigenvalue weighted by molar-refractivity contribution is -0.308. The van der Waals surface area contributed by atoms with Crippen LogP contribution < -0.4 is 0 Å². The maximum Gasteiger partial charge on any atom is 0.199 e. The van der Waals surface area contributed by atoms with Gasteiger partial charge in [-0.05, 0) is 98.7 Å². The van der Waals surface area contributed by atoms with Crippen LogP contribution in [0.1, 0.15) is 100 Å². The molecule has 0 radical (unpaired) electrons. The Labute approximate surface area is 263 Å². The Kier molecular flexibility index (Phi) is 7.21. The van der Waals surface area contributed by atoms with Crippen LogP contribution in [0.25, 0.3) is 0 Å². The minimum atomic E-state index is -1.29. The molecule has 4 aliphatic carbocycles. The van der Waals surface area contributed by atoms with Crippen molar-refractivity contribution in [2.45, 2.75) is 161 Å². The first-order valence-corrected chi connectivity index (χ1v) is 17.4. The highest BCUT2D eigenvalue weighted by Gasteiger charge is 2.82. The standard InChI is InChI=1S/C35H58O9/c1-17-15-21-27(31(4,5)40)44-35(43-21)26(17)33(7)14-11-18-19(34(33,8)29(35)39)9-10-22-30(2,3)23(12-13-32(18,22)6)42-28-25(38)24(37)20(36)16-41-28/h17-29,36-40H,9-16H2,1-8H3/t17-,18?,19?,20+,21+,22?,23+,24-,25+,26?,27+,28?,29?,32-,33-,34-,35+/m1/s1. The third-order valence-electron chi connectivity index (χ3n) is 15.2. The summed E-state index contributed by atoms with van der Waals surface area (Å²) in [4.78, 5) is 0. The predicted octanol–water partition coefficient (Wildman–Crippen LogP) is 3.37. The molecule has 3 heterocycles. The normalized spacial score (nSPS) is 59.8. The molecule has 0 aromatic heterocycles. The third-order valence-corrected chi connectivity index (χ3v) is 15.2. The molecule has 2 bridgehead atoms. The van der Waals surface area contributed by atoms with Crippen molar-refractivity contribution in [3.05, 3.63) is 0 Å². The van der Waals surface area contributed by atoms with Gasteiger partial charge in [0.15, 0.2) is 12.1 Å². The van der Waals surface area contributed by atoms with Gasteiger partial charge in [0, 0.05) is 11.3 Å². The molecule has 9 heteroatoms. The zero-order valence-corrected chi connectivity index (χ0v) is 28.0. The molecule has 7 rings (SSSR count). The fourth-order valence-electron chi connectivity index (χ4n) is 13.1. The molecule has 4 saturated carbocycles. The number of ether oxygens (including phenoxy) is 4. The molecule has 7 fully saturated rings. The minimum Gasteiger partial charge on any atom is -0.388 e. The van der Waals surface area contributed by atoms with E-state index in [1.54, 1.807) is 13.8 Å². The summed E-state index contributed by atoms with van der Waals surface area (Å²) in [5.74, 6) is 0.394. The van der Waals surface area contributed by atoms with Gasteiger partial charge in [0.05, 0.1) is 24.4 Å². The highest BCUT2D eigenvalue weighted by molar-refractivity contribution is 5.26. The van der Waals surface area contributed by atoms with Gasteiger partial charge in [-0.2, -0.15) is 0 Å². The van der Waals surface area contributed by atoms with Crippen LogP contribution in [0.3, 0.4) is 0 Å². The summed E-state index contributed by atoms with van der Waals surface area (Å²) < 4.78 is 25.7. The van der Waals surface area contributed by atoms with E-state index in [2.05, 4.69) is 41.5 Å². The van der Waals surface area contributed by atoms with Gasteiger partial charge in [0.2, 0.25) is 0 Å². The van der Waals surface area contributed by atoms with Crippen LogP contribution in [0, 0.1) is 51.2 Å². The molecule has 0 aromatic rings. The van der Waals surface area contributed by atoms with Crippen LogP contribution in [-0.4, -0.2) is 92.5 Å². The fraction of sp³-hybridized carbons (Fsp3) is 1.00. The first-order chi connectivity index (χ1) is 20.3.